The lowest BCUT2D eigenvalue weighted by molar-refractivity contribution is 0.472. The summed E-state index contributed by atoms with van der Waals surface area (Å²) in [5.74, 6) is 1.64. The van der Waals surface area contributed by atoms with E-state index in [-0.39, 0.29) is 10.8 Å². The zero-order valence-electron chi connectivity index (χ0n) is 17.6. The Labute approximate surface area is 194 Å². The van der Waals surface area contributed by atoms with Crippen LogP contribution in [0.25, 0.3) is 0 Å². The maximum Gasteiger partial charge on any atom is 0.233 e. The average Bonchev–Trinajstić information content (AvgIpc) is 3.01. The number of nitrogens with zero attached hydrogens (tertiary/aromatic N) is 3. The van der Waals surface area contributed by atoms with Crippen molar-refractivity contribution in [2.45, 2.75) is 81.5 Å². The minimum absolute atomic E-state index is 0.0423. The molecule has 2 aliphatic rings. The molecular weight excluding hydrogens is 432 g/mol. The molecule has 31 heavy (non-hydrogen) atoms. The van der Waals surface area contributed by atoms with Gasteiger partial charge in [0.1, 0.15) is 5.75 Å². The molecule has 0 aliphatic heterocycles. The molecule has 2 saturated carbocycles. The molecule has 0 atom stereocenters. The highest BCUT2D eigenvalue weighted by atomic mass is 35.5. The molecule has 0 unspecified atom stereocenters. The van der Waals surface area contributed by atoms with Crippen molar-refractivity contribution >= 4 is 47.8 Å². The molecule has 4 rings (SSSR count). The van der Waals surface area contributed by atoms with Gasteiger partial charge in [-0.2, -0.15) is 27.6 Å². The molecule has 1 heterocycles. The van der Waals surface area contributed by atoms with E-state index in [1.165, 1.54) is 25.7 Å². The van der Waals surface area contributed by atoms with Gasteiger partial charge in [0.05, 0.1) is 5.02 Å². The molecule has 1 aromatic heterocycles. The largest absolute Gasteiger partial charge is 0.506 e. The van der Waals surface area contributed by atoms with Crippen molar-refractivity contribution in [1.29, 1.82) is 0 Å². The number of phenolic OH excluding ortho intramolecular Hbond substituents is 1. The number of anilines is 4. The van der Waals surface area contributed by atoms with E-state index in [1.807, 2.05) is 0 Å². The van der Waals surface area contributed by atoms with Gasteiger partial charge in [-0.05, 0) is 56.7 Å². The lowest BCUT2D eigenvalue weighted by Crippen LogP contribution is -2.28. The van der Waals surface area contributed by atoms with Gasteiger partial charge in [-0.3, -0.25) is 0 Å². The van der Waals surface area contributed by atoms with Gasteiger partial charge in [0.25, 0.3) is 0 Å². The van der Waals surface area contributed by atoms with Crippen LogP contribution >= 0.6 is 24.2 Å². The van der Waals surface area contributed by atoms with Crippen molar-refractivity contribution in [2.24, 2.45) is 0 Å². The van der Waals surface area contributed by atoms with Gasteiger partial charge in [0.2, 0.25) is 17.8 Å². The van der Waals surface area contributed by atoms with Gasteiger partial charge in [0, 0.05) is 23.0 Å². The van der Waals surface area contributed by atoms with Crippen LogP contribution in [0.5, 0.6) is 5.75 Å². The third-order valence-corrected chi connectivity index (χ3v) is 6.88. The van der Waals surface area contributed by atoms with Crippen LogP contribution in [0.3, 0.4) is 0 Å². The van der Waals surface area contributed by atoms with Crippen LogP contribution in [0, 0.1) is 0 Å². The first-order chi connectivity index (χ1) is 15.0. The number of aromatic hydroxyl groups is 1. The second-order valence-electron chi connectivity index (χ2n) is 8.58. The van der Waals surface area contributed by atoms with Crippen molar-refractivity contribution in [3.63, 3.8) is 0 Å². The van der Waals surface area contributed by atoms with Crippen LogP contribution < -0.4 is 16.0 Å². The Morgan fingerprint density at radius 3 is 2.00 bits per heavy atom. The summed E-state index contributed by atoms with van der Waals surface area (Å²) in [5, 5.41) is 20.7. The van der Waals surface area contributed by atoms with Gasteiger partial charge >= 0.3 is 0 Å². The van der Waals surface area contributed by atoms with Crippen molar-refractivity contribution in [1.82, 2.24) is 15.0 Å². The quantitative estimate of drug-likeness (QED) is 0.211. The Bertz CT molecular complexity index is 869. The first kappa shape index (κ1) is 22.3. The SMILES string of the molecule is Oc1ccc(Nc2nc(NC3CCCCCC3)nc(NC3CCC(S)CC3)n2)cc1Cl. The van der Waals surface area contributed by atoms with Crippen LogP contribution in [0.4, 0.5) is 23.5 Å². The molecule has 1 aromatic carbocycles. The topological polar surface area (TPSA) is 95.0 Å². The van der Waals surface area contributed by atoms with E-state index in [0.717, 1.165) is 38.5 Å². The summed E-state index contributed by atoms with van der Waals surface area (Å²) < 4.78 is 0. The van der Waals surface area contributed by atoms with E-state index in [9.17, 15) is 5.11 Å². The standard InChI is InChI=1S/C22H31ClN6OS/c23-18-13-16(9-12-19(18)30)26-22-28-20(24-14-5-3-1-2-4-6-14)27-21(29-22)25-15-7-10-17(31)11-8-15/h9,12-15,17,30-31H,1-8,10-11H2,(H3,24,25,26,27,28,29). The lowest BCUT2D eigenvalue weighted by Gasteiger charge is -2.26. The molecule has 0 amide bonds. The summed E-state index contributed by atoms with van der Waals surface area (Å²) in [6, 6.07) is 5.66. The Balaban J connectivity index is 1.53. The van der Waals surface area contributed by atoms with E-state index in [0.29, 0.717) is 40.9 Å². The fraction of sp³-hybridized carbons (Fsp3) is 0.591. The van der Waals surface area contributed by atoms with Crippen LogP contribution in [-0.4, -0.2) is 37.4 Å². The van der Waals surface area contributed by atoms with Crippen LogP contribution in [0.2, 0.25) is 5.02 Å². The summed E-state index contributed by atoms with van der Waals surface area (Å²) in [5.41, 5.74) is 0.705. The van der Waals surface area contributed by atoms with Crippen molar-refractivity contribution in [2.75, 3.05) is 16.0 Å². The molecule has 2 fully saturated rings. The van der Waals surface area contributed by atoms with Crippen molar-refractivity contribution < 1.29 is 5.11 Å². The number of benzene rings is 1. The zero-order chi connectivity index (χ0) is 21.6. The average molecular weight is 463 g/mol. The van der Waals surface area contributed by atoms with Gasteiger partial charge in [0.15, 0.2) is 0 Å². The Kier molecular flexibility index (Phi) is 7.61. The number of nitrogens with one attached hydrogen (secondary N) is 3. The molecule has 9 heteroatoms. The van der Waals surface area contributed by atoms with Crippen LogP contribution in [0.1, 0.15) is 64.2 Å². The first-order valence-corrected chi connectivity index (χ1v) is 12.2. The number of phenols is 1. The van der Waals surface area contributed by atoms with Gasteiger partial charge < -0.3 is 21.1 Å². The molecule has 0 bridgehead atoms. The normalized spacial score (nSPS) is 22.5. The Hall–Kier alpha value is -1.93. The first-order valence-electron chi connectivity index (χ1n) is 11.3. The summed E-state index contributed by atoms with van der Waals surface area (Å²) >= 11 is 10.6. The minimum atomic E-state index is 0.0423. The molecule has 0 spiro atoms. The second-order valence-corrected chi connectivity index (χ2v) is 9.72. The number of halogens is 1. The van der Waals surface area contributed by atoms with Crippen LogP contribution in [-0.2, 0) is 0 Å². The summed E-state index contributed by atoms with van der Waals surface area (Å²) in [4.78, 5) is 13.9. The molecule has 7 nitrogen and oxygen atoms in total. The monoisotopic (exact) mass is 462 g/mol. The maximum atomic E-state index is 9.68. The predicted octanol–water partition coefficient (Wildman–Crippen LogP) is 5.76. The van der Waals surface area contributed by atoms with E-state index < -0.39 is 0 Å². The number of hydrogen-bond donors (Lipinski definition) is 5. The molecule has 4 N–H and O–H groups in total. The number of hydrogen-bond acceptors (Lipinski definition) is 8. The number of thiol groups is 1. The van der Waals surface area contributed by atoms with Gasteiger partial charge in [-0.25, -0.2) is 0 Å². The fourth-order valence-electron chi connectivity index (χ4n) is 4.28. The molecule has 168 valence electrons. The highest BCUT2D eigenvalue weighted by molar-refractivity contribution is 7.80. The smallest absolute Gasteiger partial charge is 0.233 e. The van der Waals surface area contributed by atoms with E-state index in [1.54, 1.807) is 18.2 Å². The Morgan fingerprint density at radius 2 is 1.39 bits per heavy atom. The predicted molar refractivity (Wildman–Crippen MR) is 130 cm³/mol. The third-order valence-electron chi connectivity index (χ3n) is 6.06. The van der Waals surface area contributed by atoms with Gasteiger partial charge in [-0.15, -0.1) is 0 Å². The zero-order valence-corrected chi connectivity index (χ0v) is 19.3. The van der Waals surface area contributed by atoms with Crippen molar-refractivity contribution in [3.05, 3.63) is 23.2 Å². The molecule has 2 aliphatic carbocycles. The summed E-state index contributed by atoms with van der Waals surface area (Å²) in [6.45, 7) is 0. The van der Waals surface area contributed by atoms with E-state index in [2.05, 4.69) is 43.5 Å². The van der Waals surface area contributed by atoms with Crippen molar-refractivity contribution in [3.8, 4) is 5.75 Å². The van der Waals surface area contributed by atoms with E-state index in [4.69, 9.17) is 11.6 Å². The lowest BCUT2D eigenvalue weighted by atomic mass is 9.95. The molecule has 0 radical (unpaired) electrons. The van der Waals surface area contributed by atoms with E-state index >= 15 is 0 Å². The molecular formula is C22H31ClN6OS. The number of rotatable bonds is 6. The minimum Gasteiger partial charge on any atom is -0.506 e. The summed E-state index contributed by atoms with van der Waals surface area (Å²) in [7, 11) is 0. The third kappa shape index (κ3) is 6.53. The molecule has 0 saturated heterocycles. The highest BCUT2D eigenvalue weighted by Crippen LogP contribution is 2.29. The van der Waals surface area contributed by atoms with Crippen LogP contribution in [0.15, 0.2) is 18.2 Å². The summed E-state index contributed by atoms with van der Waals surface area (Å²) in [6.07, 6.45) is 11.6. The Morgan fingerprint density at radius 1 is 0.806 bits per heavy atom. The van der Waals surface area contributed by atoms with Gasteiger partial charge in [-0.1, -0.05) is 37.3 Å². The second kappa shape index (κ2) is 10.6. The number of aromatic nitrogens is 3. The fourth-order valence-corrected chi connectivity index (χ4v) is 4.76. The highest BCUT2D eigenvalue weighted by Gasteiger charge is 2.21. The maximum absolute atomic E-state index is 9.68. The molecule has 2 aromatic rings.